The molecule has 0 heterocycles. The molecule has 2 aromatic carbocycles. The van der Waals surface area contributed by atoms with Crippen LogP contribution in [0.2, 0.25) is 0 Å². The Balaban J connectivity index is 2.18. The largest absolute Gasteiger partial charge is 0.495 e. The minimum absolute atomic E-state index is 0.00932. The summed E-state index contributed by atoms with van der Waals surface area (Å²) in [5.41, 5.74) is 1.14. The lowest BCUT2D eigenvalue weighted by molar-refractivity contribution is -0.384. The first kappa shape index (κ1) is 18.3. The van der Waals surface area contributed by atoms with Crippen molar-refractivity contribution in [2.75, 3.05) is 23.9 Å². The monoisotopic (exact) mass is 343 g/mol. The van der Waals surface area contributed by atoms with E-state index in [4.69, 9.17) is 4.74 Å². The van der Waals surface area contributed by atoms with Gasteiger partial charge < -0.3 is 15.0 Å². The van der Waals surface area contributed by atoms with Crippen molar-refractivity contribution in [1.29, 1.82) is 0 Å². The molecule has 2 rings (SSSR count). The number of para-hydroxylation sites is 1. The number of benzene rings is 2. The van der Waals surface area contributed by atoms with Crippen molar-refractivity contribution < 1.29 is 14.5 Å². The second kappa shape index (κ2) is 8.14. The first-order valence-electron chi connectivity index (χ1n) is 7.87. The number of hydrogen-bond donors (Lipinski definition) is 1. The molecular weight excluding hydrogens is 322 g/mol. The average Bonchev–Trinajstić information content (AvgIpc) is 2.60. The molecule has 0 aromatic heterocycles. The zero-order valence-electron chi connectivity index (χ0n) is 14.4. The fourth-order valence-corrected chi connectivity index (χ4v) is 2.52. The van der Waals surface area contributed by atoms with E-state index < -0.39 is 4.92 Å². The lowest BCUT2D eigenvalue weighted by atomic mass is 10.2. The number of carbonyl (C=O) groups excluding carboxylic acids is 1. The van der Waals surface area contributed by atoms with Crippen molar-refractivity contribution in [1.82, 2.24) is 0 Å². The minimum Gasteiger partial charge on any atom is -0.495 e. The van der Waals surface area contributed by atoms with E-state index >= 15 is 0 Å². The van der Waals surface area contributed by atoms with Crippen LogP contribution in [0.4, 0.5) is 17.1 Å². The molecule has 0 aliphatic carbocycles. The topological polar surface area (TPSA) is 84.7 Å². The number of rotatable bonds is 7. The Hall–Kier alpha value is -3.09. The highest BCUT2D eigenvalue weighted by atomic mass is 16.6. The summed E-state index contributed by atoms with van der Waals surface area (Å²) in [5, 5.41) is 13.9. The van der Waals surface area contributed by atoms with Crippen LogP contribution in [0, 0.1) is 10.1 Å². The van der Waals surface area contributed by atoms with Crippen molar-refractivity contribution in [3.05, 3.63) is 58.6 Å². The summed E-state index contributed by atoms with van der Waals surface area (Å²) in [6.45, 7) is 3.85. The molecule has 1 N–H and O–H groups in total. The Morgan fingerprint density at radius 3 is 2.48 bits per heavy atom. The number of amides is 1. The van der Waals surface area contributed by atoms with Crippen LogP contribution in [-0.4, -0.2) is 30.5 Å². The number of methoxy groups -OCH3 is 1. The van der Waals surface area contributed by atoms with E-state index in [0.717, 1.165) is 5.69 Å². The Labute approximate surface area is 146 Å². The quantitative estimate of drug-likeness (QED) is 0.615. The molecule has 2 aromatic rings. The number of non-ortho nitro benzene ring substituents is 1. The van der Waals surface area contributed by atoms with Crippen LogP contribution < -0.4 is 15.0 Å². The maximum atomic E-state index is 12.7. The van der Waals surface area contributed by atoms with Gasteiger partial charge in [0.15, 0.2) is 0 Å². The van der Waals surface area contributed by atoms with Gasteiger partial charge in [0.25, 0.3) is 5.69 Å². The summed E-state index contributed by atoms with van der Waals surface area (Å²) < 4.78 is 5.19. The lowest BCUT2D eigenvalue weighted by Gasteiger charge is -2.27. The van der Waals surface area contributed by atoms with Crippen LogP contribution in [-0.2, 0) is 4.79 Å². The maximum Gasteiger partial charge on any atom is 0.271 e. The zero-order valence-corrected chi connectivity index (χ0v) is 14.4. The molecule has 7 heteroatoms. The molecule has 132 valence electrons. The summed E-state index contributed by atoms with van der Waals surface area (Å²) in [6.07, 6.45) is 0. The van der Waals surface area contributed by atoms with E-state index in [1.807, 2.05) is 44.2 Å². The smallest absolute Gasteiger partial charge is 0.271 e. The van der Waals surface area contributed by atoms with E-state index in [-0.39, 0.29) is 24.2 Å². The molecule has 7 nitrogen and oxygen atoms in total. The third-order valence-electron chi connectivity index (χ3n) is 3.64. The number of hydrogen-bond acceptors (Lipinski definition) is 5. The molecule has 25 heavy (non-hydrogen) atoms. The molecule has 0 unspecified atom stereocenters. The maximum absolute atomic E-state index is 12.7. The Kier molecular flexibility index (Phi) is 5.94. The van der Waals surface area contributed by atoms with Crippen molar-refractivity contribution >= 4 is 23.0 Å². The van der Waals surface area contributed by atoms with E-state index in [2.05, 4.69) is 5.32 Å². The van der Waals surface area contributed by atoms with Gasteiger partial charge in [-0.3, -0.25) is 14.9 Å². The fourth-order valence-electron chi connectivity index (χ4n) is 2.52. The van der Waals surface area contributed by atoms with Gasteiger partial charge in [-0.1, -0.05) is 18.2 Å². The second-order valence-corrected chi connectivity index (χ2v) is 5.69. The van der Waals surface area contributed by atoms with Gasteiger partial charge in [-0.15, -0.1) is 0 Å². The van der Waals surface area contributed by atoms with Gasteiger partial charge in [-0.2, -0.15) is 0 Å². The van der Waals surface area contributed by atoms with Crippen molar-refractivity contribution in [3.8, 4) is 5.75 Å². The first-order chi connectivity index (χ1) is 11.9. The Bertz CT molecular complexity index is 747. The van der Waals surface area contributed by atoms with Crippen LogP contribution in [0.1, 0.15) is 13.8 Å². The fraction of sp³-hybridized carbons (Fsp3) is 0.278. The number of nitrogens with one attached hydrogen (secondary N) is 1. The summed E-state index contributed by atoms with van der Waals surface area (Å²) in [4.78, 5) is 24.8. The molecule has 0 atom stereocenters. The lowest BCUT2D eigenvalue weighted by Crippen LogP contribution is -2.40. The van der Waals surface area contributed by atoms with Gasteiger partial charge >= 0.3 is 0 Å². The summed E-state index contributed by atoms with van der Waals surface area (Å²) >= 11 is 0. The normalized spacial score (nSPS) is 10.4. The molecule has 0 radical (unpaired) electrons. The molecule has 0 saturated heterocycles. The van der Waals surface area contributed by atoms with Gasteiger partial charge in [0.2, 0.25) is 5.91 Å². The third-order valence-corrected chi connectivity index (χ3v) is 3.64. The van der Waals surface area contributed by atoms with Gasteiger partial charge in [0, 0.05) is 23.9 Å². The van der Waals surface area contributed by atoms with Crippen LogP contribution in [0.15, 0.2) is 48.5 Å². The van der Waals surface area contributed by atoms with Gasteiger partial charge in [0.05, 0.1) is 24.3 Å². The standard InChI is InChI=1S/C18H21N3O4/c1-13(2)20(14-7-5-4-6-8-14)18(22)12-19-16-11-15(21(23)24)9-10-17(16)25-3/h4-11,13,19H,12H2,1-3H3. The van der Waals surface area contributed by atoms with E-state index in [1.165, 1.54) is 25.3 Å². The van der Waals surface area contributed by atoms with E-state index in [9.17, 15) is 14.9 Å². The van der Waals surface area contributed by atoms with E-state index in [1.54, 1.807) is 4.90 Å². The molecule has 0 spiro atoms. The SMILES string of the molecule is COc1ccc([N+](=O)[O-])cc1NCC(=O)N(c1ccccc1)C(C)C. The Morgan fingerprint density at radius 1 is 1.24 bits per heavy atom. The third kappa shape index (κ3) is 4.47. The number of nitrogens with zero attached hydrogens (tertiary/aromatic N) is 2. The summed E-state index contributed by atoms with van der Waals surface area (Å²) in [5.74, 6) is 0.295. The second-order valence-electron chi connectivity index (χ2n) is 5.69. The molecule has 0 aliphatic rings. The Morgan fingerprint density at radius 2 is 1.92 bits per heavy atom. The summed E-state index contributed by atoms with van der Waals surface area (Å²) in [7, 11) is 1.47. The molecule has 1 amide bonds. The van der Waals surface area contributed by atoms with Crippen LogP contribution in [0.5, 0.6) is 5.75 Å². The highest BCUT2D eigenvalue weighted by molar-refractivity contribution is 5.96. The van der Waals surface area contributed by atoms with Crippen LogP contribution in [0.25, 0.3) is 0 Å². The van der Waals surface area contributed by atoms with Crippen molar-refractivity contribution in [3.63, 3.8) is 0 Å². The number of ether oxygens (including phenoxy) is 1. The van der Waals surface area contributed by atoms with E-state index in [0.29, 0.717) is 11.4 Å². The van der Waals surface area contributed by atoms with Crippen LogP contribution >= 0.6 is 0 Å². The van der Waals surface area contributed by atoms with Crippen molar-refractivity contribution in [2.45, 2.75) is 19.9 Å². The zero-order chi connectivity index (χ0) is 18.4. The molecule has 0 bridgehead atoms. The molecule has 0 aliphatic heterocycles. The highest BCUT2D eigenvalue weighted by Crippen LogP contribution is 2.29. The number of nitro groups is 1. The molecule has 0 saturated carbocycles. The molecular formula is C18H21N3O4. The van der Waals surface area contributed by atoms with Gasteiger partial charge in [-0.25, -0.2) is 0 Å². The number of anilines is 2. The summed E-state index contributed by atoms with van der Waals surface area (Å²) in [6, 6.07) is 13.6. The average molecular weight is 343 g/mol. The first-order valence-corrected chi connectivity index (χ1v) is 7.87. The van der Waals surface area contributed by atoms with Gasteiger partial charge in [0.1, 0.15) is 5.75 Å². The number of nitro benzene ring substituents is 1. The number of carbonyl (C=O) groups is 1. The molecule has 0 fully saturated rings. The highest BCUT2D eigenvalue weighted by Gasteiger charge is 2.19. The predicted octanol–water partition coefficient (Wildman–Crippen LogP) is 3.46. The van der Waals surface area contributed by atoms with Crippen LogP contribution in [0.3, 0.4) is 0 Å². The van der Waals surface area contributed by atoms with Gasteiger partial charge in [-0.05, 0) is 32.0 Å². The van der Waals surface area contributed by atoms with Crippen molar-refractivity contribution in [2.24, 2.45) is 0 Å². The minimum atomic E-state index is -0.489. The predicted molar refractivity (Wildman–Crippen MR) is 97.2 cm³/mol.